The van der Waals surface area contributed by atoms with Crippen molar-refractivity contribution in [1.82, 2.24) is 24.8 Å². The van der Waals surface area contributed by atoms with Crippen molar-refractivity contribution in [2.75, 3.05) is 37.6 Å². The Bertz CT molecular complexity index is 817. The van der Waals surface area contributed by atoms with Crippen LogP contribution in [0.2, 0.25) is 0 Å². The molecule has 9 nitrogen and oxygen atoms in total. The number of anilines is 1. The zero-order chi connectivity index (χ0) is 17.4. The molecule has 0 spiro atoms. The lowest BCUT2D eigenvalue weighted by molar-refractivity contribution is -0.119. The van der Waals surface area contributed by atoms with E-state index in [1.807, 2.05) is 12.3 Å². The average molecular weight is 409 g/mol. The number of hydrogen-bond donors (Lipinski definition) is 1. The van der Waals surface area contributed by atoms with Gasteiger partial charge in [0.25, 0.3) is 0 Å². The molecule has 2 amide bonds. The van der Waals surface area contributed by atoms with E-state index in [1.54, 1.807) is 15.6 Å². The highest BCUT2D eigenvalue weighted by Gasteiger charge is 2.29. The summed E-state index contributed by atoms with van der Waals surface area (Å²) >= 11 is 3.44. The Morgan fingerprint density at radius 1 is 1.32 bits per heavy atom. The number of ether oxygens (including phenoxy) is 1. The quantitative estimate of drug-likeness (QED) is 0.783. The number of piperazine rings is 1. The average Bonchev–Trinajstić information content (AvgIpc) is 3.20. The third-order valence-electron chi connectivity index (χ3n) is 4.38. The number of fused-ring (bicyclic) bond motifs is 1. The van der Waals surface area contributed by atoms with Crippen LogP contribution in [0.25, 0.3) is 5.65 Å². The fourth-order valence-corrected chi connectivity index (χ4v) is 3.37. The number of rotatable bonds is 2. The van der Waals surface area contributed by atoms with Crippen molar-refractivity contribution in [3.05, 3.63) is 22.9 Å². The summed E-state index contributed by atoms with van der Waals surface area (Å²) in [7, 11) is 0. The molecule has 10 heteroatoms. The van der Waals surface area contributed by atoms with Gasteiger partial charge < -0.3 is 19.9 Å². The molecule has 2 aromatic rings. The van der Waals surface area contributed by atoms with E-state index in [0.717, 1.165) is 15.9 Å². The first-order valence-corrected chi connectivity index (χ1v) is 8.86. The van der Waals surface area contributed by atoms with E-state index in [1.165, 1.54) is 0 Å². The summed E-state index contributed by atoms with van der Waals surface area (Å²) in [4.78, 5) is 31.8. The van der Waals surface area contributed by atoms with Gasteiger partial charge in [0.05, 0.1) is 23.6 Å². The van der Waals surface area contributed by atoms with Crippen molar-refractivity contribution in [3.8, 4) is 0 Å². The van der Waals surface area contributed by atoms with Crippen LogP contribution >= 0.6 is 15.9 Å². The SMILES string of the molecule is O=C1C[C@H](OC(=O)N2CCN(c3ccn4ncc(Br)c4n3)CC2)CN1. The lowest BCUT2D eigenvalue weighted by atomic mass is 10.3. The standard InChI is InChI=1S/C15H17BrN6O3/c16-11-9-18-22-2-1-12(19-14(11)22)20-3-5-21(6-4-20)15(24)25-10-7-13(23)17-8-10/h1-2,9-10H,3-8H2,(H,17,23)/t10-/m0/s1. The number of amides is 2. The van der Waals surface area contributed by atoms with Crippen molar-refractivity contribution >= 4 is 39.4 Å². The molecule has 0 bridgehead atoms. The number of nitrogens with one attached hydrogen (secondary N) is 1. The molecule has 0 radical (unpaired) electrons. The molecular formula is C15H17BrN6O3. The molecule has 4 rings (SSSR count). The van der Waals surface area contributed by atoms with E-state index < -0.39 is 0 Å². The van der Waals surface area contributed by atoms with Crippen molar-refractivity contribution in [2.24, 2.45) is 0 Å². The van der Waals surface area contributed by atoms with Gasteiger partial charge in [0.1, 0.15) is 11.9 Å². The molecule has 2 aliphatic heterocycles. The van der Waals surface area contributed by atoms with Gasteiger partial charge in [-0.05, 0) is 22.0 Å². The van der Waals surface area contributed by atoms with Gasteiger partial charge in [0.15, 0.2) is 5.65 Å². The van der Waals surface area contributed by atoms with Crippen LogP contribution in [-0.2, 0) is 9.53 Å². The van der Waals surface area contributed by atoms with E-state index in [0.29, 0.717) is 32.7 Å². The number of hydrogen-bond acceptors (Lipinski definition) is 6. The Morgan fingerprint density at radius 3 is 2.84 bits per heavy atom. The summed E-state index contributed by atoms with van der Waals surface area (Å²) in [5.41, 5.74) is 0.762. The van der Waals surface area contributed by atoms with Gasteiger partial charge in [-0.3, -0.25) is 4.79 Å². The second-order valence-electron chi connectivity index (χ2n) is 6.03. The molecule has 132 valence electrons. The maximum atomic E-state index is 12.2. The van der Waals surface area contributed by atoms with Crippen LogP contribution in [0.4, 0.5) is 10.6 Å². The minimum absolute atomic E-state index is 0.0740. The van der Waals surface area contributed by atoms with Crippen LogP contribution < -0.4 is 10.2 Å². The van der Waals surface area contributed by atoms with E-state index in [-0.39, 0.29) is 24.5 Å². The lowest BCUT2D eigenvalue weighted by Gasteiger charge is -2.35. The Balaban J connectivity index is 1.36. The zero-order valence-electron chi connectivity index (χ0n) is 13.4. The van der Waals surface area contributed by atoms with Gasteiger partial charge in [-0.25, -0.2) is 14.3 Å². The fourth-order valence-electron chi connectivity index (χ4n) is 3.00. The maximum absolute atomic E-state index is 12.2. The molecule has 0 unspecified atom stereocenters. The topological polar surface area (TPSA) is 92.1 Å². The predicted octanol–water partition coefficient (Wildman–Crippen LogP) is 0.639. The highest BCUT2D eigenvalue weighted by Crippen LogP contribution is 2.20. The van der Waals surface area contributed by atoms with Gasteiger partial charge in [-0.1, -0.05) is 0 Å². The van der Waals surface area contributed by atoms with Crippen LogP contribution in [0.15, 0.2) is 22.9 Å². The first-order chi connectivity index (χ1) is 12.1. The highest BCUT2D eigenvalue weighted by atomic mass is 79.9. The first kappa shape index (κ1) is 16.1. The molecule has 0 saturated carbocycles. The van der Waals surface area contributed by atoms with Crippen LogP contribution in [-0.4, -0.2) is 70.3 Å². The summed E-state index contributed by atoms with van der Waals surface area (Å²) in [6, 6.07) is 1.91. The molecule has 4 heterocycles. The summed E-state index contributed by atoms with van der Waals surface area (Å²) in [6.07, 6.45) is 3.11. The molecule has 2 saturated heterocycles. The van der Waals surface area contributed by atoms with Gasteiger partial charge in [-0.2, -0.15) is 5.10 Å². The molecule has 2 aliphatic rings. The van der Waals surface area contributed by atoms with Crippen LogP contribution in [0.3, 0.4) is 0 Å². The van der Waals surface area contributed by atoms with Gasteiger partial charge in [0, 0.05) is 32.4 Å². The minimum Gasteiger partial charge on any atom is -0.444 e. The minimum atomic E-state index is -0.360. The molecule has 1 atom stereocenters. The maximum Gasteiger partial charge on any atom is 0.410 e. The first-order valence-electron chi connectivity index (χ1n) is 8.07. The summed E-state index contributed by atoms with van der Waals surface area (Å²) in [6.45, 7) is 2.85. The van der Waals surface area contributed by atoms with E-state index >= 15 is 0 Å². The molecule has 2 aromatic heterocycles. The third-order valence-corrected chi connectivity index (χ3v) is 4.94. The number of halogens is 1. The van der Waals surface area contributed by atoms with E-state index in [2.05, 4.69) is 36.2 Å². The molecule has 25 heavy (non-hydrogen) atoms. The van der Waals surface area contributed by atoms with Crippen molar-refractivity contribution in [2.45, 2.75) is 12.5 Å². The lowest BCUT2D eigenvalue weighted by Crippen LogP contribution is -2.49. The van der Waals surface area contributed by atoms with Crippen LogP contribution in [0, 0.1) is 0 Å². The van der Waals surface area contributed by atoms with Crippen LogP contribution in [0.5, 0.6) is 0 Å². The van der Waals surface area contributed by atoms with Gasteiger partial charge >= 0.3 is 6.09 Å². The van der Waals surface area contributed by atoms with Crippen molar-refractivity contribution < 1.29 is 14.3 Å². The normalized spacial score (nSPS) is 20.8. The van der Waals surface area contributed by atoms with Crippen molar-refractivity contribution in [1.29, 1.82) is 0 Å². The predicted molar refractivity (Wildman–Crippen MR) is 92.4 cm³/mol. The van der Waals surface area contributed by atoms with Crippen LogP contribution in [0.1, 0.15) is 6.42 Å². The van der Waals surface area contributed by atoms with Gasteiger partial charge in [0.2, 0.25) is 5.91 Å². The largest absolute Gasteiger partial charge is 0.444 e. The number of carbonyl (C=O) groups is 2. The number of nitrogens with zero attached hydrogens (tertiary/aromatic N) is 5. The Hall–Kier alpha value is -2.36. The van der Waals surface area contributed by atoms with E-state index in [9.17, 15) is 9.59 Å². The monoisotopic (exact) mass is 408 g/mol. The zero-order valence-corrected chi connectivity index (χ0v) is 15.0. The summed E-state index contributed by atoms with van der Waals surface area (Å²) in [5.74, 6) is 0.780. The number of carbonyl (C=O) groups excluding carboxylic acids is 2. The van der Waals surface area contributed by atoms with Crippen molar-refractivity contribution in [3.63, 3.8) is 0 Å². The highest BCUT2D eigenvalue weighted by molar-refractivity contribution is 9.10. The number of aromatic nitrogens is 3. The molecule has 1 N–H and O–H groups in total. The summed E-state index contributed by atoms with van der Waals surface area (Å²) < 4.78 is 7.93. The fraction of sp³-hybridized carbons (Fsp3) is 0.467. The Labute approximate surface area is 152 Å². The molecular weight excluding hydrogens is 392 g/mol. The Morgan fingerprint density at radius 2 is 2.12 bits per heavy atom. The molecule has 2 fully saturated rings. The van der Waals surface area contributed by atoms with Gasteiger partial charge in [-0.15, -0.1) is 0 Å². The smallest absolute Gasteiger partial charge is 0.410 e. The third kappa shape index (κ3) is 3.26. The Kier molecular flexibility index (Phi) is 4.20. The second-order valence-corrected chi connectivity index (χ2v) is 6.89. The summed E-state index contributed by atoms with van der Waals surface area (Å²) in [5, 5.41) is 6.85. The molecule has 0 aromatic carbocycles. The molecule has 0 aliphatic carbocycles. The second kappa shape index (κ2) is 6.51. The van der Waals surface area contributed by atoms with E-state index in [4.69, 9.17) is 4.74 Å².